The highest BCUT2D eigenvalue weighted by Gasteiger charge is 2.58. The quantitative estimate of drug-likeness (QED) is 0.483. The first-order valence-corrected chi connectivity index (χ1v) is 7.93. The Morgan fingerprint density at radius 3 is 2.76 bits per heavy atom. The third-order valence-electron chi connectivity index (χ3n) is 4.82. The van der Waals surface area contributed by atoms with E-state index in [4.69, 9.17) is 9.47 Å². The summed E-state index contributed by atoms with van der Waals surface area (Å²) in [6.07, 6.45) is 3.72. The van der Waals surface area contributed by atoms with Crippen LogP contribution in [0.5, 0.6) is 0 Å². The van der Waals surface area contributed by atoms with Crippen LogP contribution in [0.4, 0.5) is 0 Å². The lowest BCUT2D eigenvalue weighted by Crippen LogP contribution is -2.43. The lowest BCUT2D eigenvalue weighted by atomic mass is 9.78. The number of ether oxygens (including phenoxy) is 2. The molecule has 4 nitrogen and oxygen atoms in total. The molecule has 0 saturated carbocycles. The first kappa shape index (κ1) is 16.5. The minimum atomic E-state index is -0.592. The van der Waals surface area contributed by atoms with Crippen molar-refractivity contribution in [1.29, 1.82) is 0 Å². The molecule has 1 aliphatic heterocycles. The maximum absolute atomic E-state index is 11.4. The van der Waals surface area contributed by atoms with Crippen LogP contribution in [0.2, 0.25) is 0 Å². The summed E-state index contributed by atoms with van der Waals surface area (Å²) >= 11 is 0. The second-order valence-electron chi connectivity index (χ2n) is 7.10. The van der Waals surface area contributed by atoms with Crippen LogP contribution in [0.15, 0.2) is 11.6 Å². The predicted molar refractivity (Wildman–Crippen MR) is 80.8 cm³/mol. The standard InChI is InChI=1S/C17H28O4/c1-10(2)14-13(20-12(4)18)9-11(3)7-6-8-17(5)16(21-17)15(14)19/h7,10,13-16,19H,6,8-9H2,1-5H3/b11-7+/t13-,14+,15-,16-,17-/m1/s1. The van der Waals surface area contributed by atoms with E-state index >= 15 is 0 Å². The Hall–Kier alpha value is -0.870. The largest absolute Gasteiger partial charge is 0.462 e. The summed E-state index contributed by atoms with van der Waals surface area (Å²) in [7, 11) is 0. The summed E-state index contributed by atoms with van der Waals surface area (Å²) in [5, 5.41) is 10.8. The smallest absolute Gasteiger partial charge is 0.302 e. The lowest BCUT2D eigenvalue weighted by Gasteiger charge is -2.34. The zero-order valence-electron chi connectivity index (χ0n) is 13.8. The molecule has 1 N–H and O–H groups in total. The number of epoxide rings is 1. The van der Waals surface area contributed by atoms with E-state index in [1.165, 1.54) is 12.5 Å². The molecule has 0 spiro atoms. The van der Waals surface area contributed by atoms with Crippen LogP contribution in [-0.2, 0) is 14.3 Å². The van der Waals surface area contributed by atoms with Gasteiger partial charge in [-0.25, -0.2) is 0 Å². The van der Waals surface area contributed by atoms with Crippen molar-refractivity contribution in [3.8, 4) is 0 Å². The molecule has 120 valence electrons. The molecular weight excluding hydrogens is 268 g/mol. The number of fused-ring (bicyclic) bond motifs is 1. The lowest BCUT2D eigenvalue weighted by molar-refractivity contribution is -0.153. The fourth-order valence-corrected chi connectivity index (χ4v) is 3.61. The van der Waals surface area contributed by atoms with Crippen LogP contribution < -0.4 is 0 Å². The molecule has 0 amide bonds. The number of carbonyl (C=O) groups excluding carboxylic acids is 1. The average Bonchev–Trinajstić information content (AvgIpc) is 2.99. The summed E-state index contributed by atoms with van der Waals surface area (Å²) in [6, 6.07) is 0. The van der Waals surface area contributed by atoms with Crippen molar-refractivity contribution in [2.45, 2.75) is 77.8 Å². The molecule has 0 aromatic rings. The van der Waals surface area contributed by atoms with Crippen molar-refractivity contribution < 1.29 is 19.4 Å². The second-order valence-corrected chi connectivity index (χ2v) is 7.10. The van der Waals surface area contributed by atoms with Crippen molar-refractivity contribution in [2.24, 2.45) is 11.8 Å². The molecule has 1 fully saturated rings. The van der Waals surface area contributed by atoms with Crippen molar-refractivity contribution in [2.75, 3.05) is 0 Å². The molecule has 2 aliphatic rings. The molecule has 1 heterocycles. The maximum Gasteiger partial charge on any atom is 0.302 e. The van der Waals surface area contributed by atoms with Crippen LogP contribution in [0.3, 0.4) is 0 Å². The Morgan fingerprint density at radius 1 is 1.52 bits per heavy atom. The van der Waals surface area contributed by atoms with Gasteiger partial charge in [0.05, 0.1) is 11.7 Å². The summed E-state index contributed by atoms with van der Waals surface area (Å²) in [6.45, 7) is 9.68. The van der Waals surface area contributed by atoms with Gasteiger partial charge in [-0.05, 0) is 32.6 Å². The van der Waals surface area contributed by atoms with Gasteiger partial charge in [-0.15, -0.1) is 0 Å². The summed E-state index contributed by atoms with van der Waals surface area (Å²) in [4.78, 5) is 11.4. The Bertz CT molecular complexity index is 429. The van der Waals surface area contributed by atoms with Crippen LogP contribution in [-0.4, -0.2) is 35.0 Å². The predicted octanol–water partition coefficient (Wildman–Crippen LogP) is 2.84. The van der Waals surface area contributed by atoms with E-state index in [2.05, 4.69) is 33.8 Å². The molecule has 1 aliphatic carbocycles. The van der Waals surface area contributed by atoms with E-state index in [9.17, 15) is 9.90 Å². The van der Waals surface area contributed by atoms with Crippen molar-refractivity contribution >= 4 is 5.97 Å². The highest BCUT2D eigenvalue weighted by molar-refractivity contribution is 5.66. The summed E-state index contributed by atoms with van der Waals surface area (Å²) in [5.74, 6) is -0.186. The average molecular weight is 296 g/mol. The van der Waals surface area contributed by atoms with E-state index < -0.39 is 6.10 Å². The molecule has 21 heavy (non-hydrogen) atoms. The van der Waals surface area contributed by atoms with E-state index in [1.807, 2.05) is 0 Å². The maximum atomic E-state index is 11.4. The van der Waals surface area contributed by atoms with Crippen LogP contribution in [0, 0.1) is 11.8 Å². The van der Waals surface area contributed by atoms with E-state index in [-0.39, 0.29) is 35.6 Å². The molecule has 5 atom stereocenters. The van der Waals surface area contributed by atoms with Crippen LogP contribution >= 0.6 is 0 Å². The zero-order chi connectivity index (χ0) is 15.8. The van der Waals surface area contributed by atoms with Gasteiger partial charge >= 0.3 is 5.97 Å². The SMILES string of the molecule is CC(=O)O[C@@H]1C/C(C)=C/CC[C@@]2(C)O[C@@H]2[C@H](O)[C@H]1C(C)C. The van der Waals surface area contributed by atoms with Crippen LogP contribution in [0.1, 0.15) is 53.9 Å². The van der Waals surface area contributed by atoms with Gasteiger partial charge in [0.25, 0.3) is 0 Å². The van der Waals surface area contributed by atoms with Crippen LogP contribution in [0.25, 0.3) is 0 Å². The molecule has 0 bridgehead atoms. The molecule has 1 saturated heterocycles. The van der Waals surface area contributed by atoms with E-state index in [1.54, 1.807) is 0 Å². The minimum Gasteiger partial charge on any atom is -0.462 e. The molecular formula is C17H28O4. The fraction of sp³-hybridized carbons (Fsp3) is 0.824. The fourth-order valence-electron chi connectivity index (χ4n) is 3.61. The highest BCUT2D eigenvalue weighted by atomic mass is 16.6. The number of hydrogen-bond acceptors (Lipinski definition) is 4. The molecule has 0 aromatic carbocycles. The number of allylic oxidation sites excluding steroid dienone is 1. The molecule has 0 aromatic heterocycles. The van der Waals surface area contributed by atoms with Crippen molar-refractivity contribution in [3.05, 3.63) is 11.6 Å². The van der Waals surface area contributed by atoms with Gasteiger partial charge in [0.2, 0.25) is 0 Å². The zero-order valence-corrected chi connectivity index (χ0v) is 13.8. The normalized spacial score (nSPS) is 42.7. The van der Waals surface area contributed by atoms with Gasteiger partial charge in [0, 0.05) is 19.3 Å². The monoisotopic (exact) mass is 296 g/mol. The van der Waals surface area contributed by atoms with E-state index in [0.717, 1.165) is 12.8 Å². The number of aliphatic hydroxyl groups is 1. The molecule has 0 unspecified atom stereocenters. The van der Waals surface area contributed by atoms with Gasteiger partial charge in [-0.1, -0.05) is 25.5 Å². The number of carbonyl (C=O) groups is 1. The number of rotatable bonds is 2. The first-order chi connectivity index (χ1) is 9.74. The Labute approximate surface area is 127 Å². The van der Waals surface area contributed by atoms with Crippen molar-refractivity contribution in [3.63, 3.8) is 0 Å². The van der Waals surface area contributed by atoms with Gasteiger partial charge in [-0.3, -0.25) is 4.79 Å². The van der Waals surface area contributed by atoms with E-state index in [0.29, 0.717) is 6.42 Å². The van der Waals surface area contributed by atoms with Gasteiger partial charge in [0.15, 0.2) is 0 Å². The minimum absolute atomic E-state index is 0.109. The molecule has 4 heteroatoms. The summed E-state index contributed by atoms with van der Waals surface area (Å²) in [5.41, 5.74) is 0.975. The number of aliphatic hydroxyl groups excluding tert-OH is 1. The summed E-state index contributed by atoms with van der Waals surface area (Å²) < 4.78 is 11.3. The van der Waals surface area contributed by atoms with Gasteiger partial charge in [0.1, 0.15) is 12.2 Å². The molecule has 0 radical (unpaired) electrons. The third-order valence-corrected chi connectivity index (χ3v) is 4.82. The van der Waals surface area contributed by atoms with Gasteiger partial charge in [-0.2, -0.15) is 0 Å². The Balaban J connectivity index is 2.29. The number of esters is 1. The topological polar surface area (TPSA) is 59.1 Å². The number of hydrogen-bond donors (Lipinski definition) is 1. The van der Waals surface area contributed by atoms with Gasteiger partial charge < -0.3 is 14.6 Å². The van der Waals surface area contributed by atoms with Crippen molar-refractivity contribution in [1.82, 2.24) is 0 Å². The highest BCUT2D eigenvalue weighted by Crippen LogP contribution is 2.46. The third kappa shape index (κ3) is 3.67. The Kier molecular flexibility index (Phi) is 4.79. The second kappa shape index (κ2) is 6.09. The Morgan fingerprint density at radius 2 is 2.19 bits per heavy atom. The first-order valence-electron chi connectivity index (χ1n) is 7.93. The molecule has 2 rings (SSSR count).